The molecule has 1 aliphatic carbocycles. The summed E-state index contributed by atoms with van der Waals surface area (Å²) in [6.07, 6.45) is 2.37. The van der Waals surface area contributed by atoms with Gasteiger partial charge in [0.2, 0.25) is 0 Å². The quantitative estimate of drug-likeness (QED) is 0.447. The van der Waals surface area contributed by atoms with Crippen LogP contribution in [0.1, 0.15) is 48.9 Å². The number of rotatable bonds is 3. The van der Waals surface area contributed by atoms with Crippen molar-refractivity contribution in [1.82, 2.24) is 0 Å². The summed E-state index contributed by atoms with van der Waals surface area (Å²) in [5, 5.41) is 0. The Morgan fingerprint density at radius 2 is 1.19 bits per heavy atom. The van der Waals surface area contributed by atoms with Gasteiger partial charge in [0.25, 0.3) is 0 Å². The van der Waals surface area contributed by atoms with Crippen LogP contribution in [0.15, 0.2) is 71.3 Å². The van der Waals surface area contributed by atoms with Crippen LogP contribution in [0.5, 0.6) is 0 Å². The number of hydrogen-bond donors (Lipinski definition) is 0. The van der Waals surface area contributed by atoms with Gasteiger partial charge < -0.3 is 37.2 Å². The molecule has 1 unspecified atom stereocenters. The third-order valence-electron chi connectivity index (χ3n) is 5.42. The molecule has 0 aromatic heterocycles. The first-order valence-corrected chi connectivity index (χ1v) is 9.37. The Morgan fingerprint density at radius 1 is 0.741 bits per heavy atom. The van der Waals surface area contributed by atoms with E-state index in [4.69, 9.17) is 0 Å². The first kappa shape index (κ1) is 26.5. The van der Waals surface area contributed by atoms with E-state index in [0.717, 1.165) is 0 Å². The van der Waals surface area contributed by atoms with Crippen LogP contribution in [0.3, 0.4) is 0 Å². The molecule has 0 heterocycles. The molecule has 0 aliphatic heterocycles. The molecule has 0 spiro atoms. The summed E-state index contributed by atoms with van der Waals surface area (Å²) in [4.78, 5) is 0. The van der Waals surface area contributed by atoms with E-state index in [2.05, 4.69) is 110 Å². The van der Waals surface area contributed by atoms with Gasteiger partial charge >= 0.3 is 158 Å². The van der Waals surface area contributed by atoms with Crippen molar-refractivity contribution < 1.29 is 57.7 Å². The molecule has 0 N–H and O–H groups in total. The molecular weight excluding hydrogens is 430 g/mol. The molecule has 2 aromatic rings. The molecule has 0 radical (unpaired) electrons. The number of halogens is 3. The predicted molar refractivity (Wildman–Crippen MR) is 99.0 cm³/mol. The Hall–Kier alpha value is -0.496. The summed E-state index contributed by atoms with van der Waals surface area (Å²) < 4.78 is 0.0334. The number of aryl methyl sites for hydroxylation is 2. The second-order valence-electron chi connectivity index (χ2n) is 7.20. The molecule has 0 saturated heterocycles. The number of hydrogen-bond acceptors (Lipinski definition) is 0. The number of benzene rings is 2. The summed E-state index contributed by atoms with van der Waals surface area (Å²) >= 11 is 2.42. The average Bonchev–Trinajstić information content (AvgIpc) is 2.72. The summed E-state index contributed by atoms with van der Waals surface area (Å²) in [5.74, 6) is 0.339. The van der Waals surface area contributed by atoms with Crippen LogP contribution < -0.4 is 37.2 Å². The maximum Gasteiger partial charge on any atom is -1.00 e. The van der Waals surface area contributed by atoms with Gasteiger partial charge in [-0.05, 0) is 0 Å². The predicted octanol–water partition coefficient (Wildman–Crippen LogP) is -2.55. The molecule has 0 fully saturated rings. The molecule has 142 valence electrons. The summed E-state index contributed by atoms with van der Waals surface area (Å²) in [7, 11) is 0. The molecule has 3 rings (SSSR count). The van der Waals surface area contributed by atoms with Crippen LogP contribution in [-0.2, 0) is 20.4 Å². The van der Waals surface area contributed by atoms with E-state index in [0.29, 0.717) is 5.92 Å². The fraction of sp³-hybridized carbons (Fsp3) is 0.304. The van der Waals surface area contributed by atoms with Gasteiger partial charge in [-0.25, -0.2) is 0 Å². The van der Waals surface area contributed by atoms with Gasteiger partial charge in [0, 0.05) is 0 Å². The third kappa shape index (κ3) is 4.92. The van der Waals surface area contributed by atoms with Crippen molar-refractivity contribution in [2.75, 3.05) is 0 Å². The molecular formula is C23H25Cl3Ti. The third-order valence-corrected chi connectivity index (χ3v) is 7.07. The second-order valence-corrected chi connectivity index (χ2v) is 8.44. The van der Waals surface area contributed by atoms with Gasteiger partial charge in [0.05, 0.1) is 0 Å². The molecule has 1 aliphatic rings. The smallest absolute Gasteiger partial charge is 1.00 e. The number of allylic oxidation sites excluding steroid dienone is 4. The zero-order valence-corrected chi connectivity index (χ0v) is 20.2. The molecule has 0 nitrogen and oxygen atoms in total. The summed E-state index contributed by atoms with van der Waals surface area (Å²) in [6.45, 7) is 11.2. The first-order chi connectivity index (χ1) is 11.3. The second kappa shape index (κ2) is 10.3. The van der Waals surface area contributed by atoms with E-state index in [9.17, 15) is 0 Å². The SMILES string of the molecule is CC1=CC(C)=C(C)[C]1([Ti+3])C(c1cccc(C)c1)c1cccc(C)c1.[Cl-].[Cl-].[Cl-]. The van der Waals surface area contributed by atoms with Crippen LogP contribution in [0.4, 0.5) is 0 Å². The van der Waals surface area contributed by atoms with Crippen molar-refractivity contribution in [3.05, 3.63) is 93.6 Å². The van der Waals surface area contributed by atoms with Crippen molar-refractivity contribution in [1.29, 1.82) is 0 Å². The van der Waals surface area contributed by atoms with E-state index in [1.54, 1.807) is 0 Å². The van der Waals surface area contributed by atoms with Crippen molar-refractivity contribution >= 4 is 0 Å². The first-order valence-electron chi connectivity index (χ1n) is 8.59. The molecule has 1 atom stereocenters. The monoisotopic (exact) mass is 454 g/mol. The molecule has 2 aromatic carbocycles. The van der Waals surface area contributed by atoms with Crippen molar-refractivity contribution in [2.24, 2.45) is 0 Å². The maximum absolute atomic E-state index is 2.42. The Kier molecular flexibility index (Phi) is 10.1. The fourth-order valence-electron chi connectivity index (χ4n) is 3.99. The molecule has 27 heavy (non-hydrogen) atoms. The van der Waals surface area contributed by atoms with E-state index in [1.807, 2.05) is 0 Å². The standard InChI is InChI=1S/C23H25.3ClH.Ti/c1-15-8-6-10-20(12-15)23(21-11-7-9-16(2)13-21)22-18(4)14-17(3)19(22)5;;;;/h6-14,23H,1-5H3;3*1H;/q;;;;+3/p-3. The maximum atomic E-state index is 2.42. The van der Waals surface area contributed by atoms with Gasteiger partial charge in [0.1, 0.15) is 0 Å². The van der Waals surface area contributed by atoms with Gasteiger partial charge in [-0.1, -0.05) is 0 Å². The van der Waals surface area contributed by atoms with Crippen LogP contribution in [-0.4, -0.2) is 0 Å². The van der Waals surface area contributed by atoms with Crippen LogP contribution in [0.2, 0.25) is 3.72 Å². The van der Waals surface area contributed by atoms with Gasteiger partial charge in [-0.3, -0.25) is 0 Å². The van der Waals surface area contributed by atoms with Gasteiger partial charge in [-0.2, -0.15) is 0 Å². The van der Waals surface area contributed by atoms with Crippen LogP contribution in [0, 0.1) is 13.8 Å². The Balaban J connectivity index is 0.00000225. The summed E-state index contributed by atoms with van der Waals surface area (Å²) in [5.41, 5.74) is 9.84. The minimum atomic E-state index is 0. The van der Waals surface area contributed by atoms with Gasteiger partial charge in [0.15, 0.2) is 0 Å². The molecule has 4 heteroatoms. The average molecular weight is 456 g/mol. The largest absolute Gasteiger partial charge is 1.00 e. The fourth-order valence-corrected chi connectivity index (χ4v) is 4.93. The molecule has 0 bridgehead atoms. The van der Waals surface area contributed by atoms with E-state index in [-0.39, 0.29) is 40.9 Å². The van der Waals surface area contributed by atoms with Crippen molar-refractivity contribution in [3.8, 4) is 0 Å². The summed E-state index contributed by atoms with van der Waals surface area (Å²) in [6, 6.07) is 18.0. The zero-order chi connectivity index (χ0) is 17.5. The topological polar surface area (TPSA) is 0 Å². The molecule has 0 saturated carbocycles. The van der Waals surface area contributed by atoms with Gasteiger partial charge in [-0.15, -0.1) is 0 Å². The van der Waals surface area contributed by atoms with Crippen LogP contribution in [0.25, 0.3) is 0 Å². The zero-order valence-electron chi connectivity index (χ0n) is 16.4. The van der Waals surface area contributed by atoms with E-state index >= 15 is 0 Å². The Bertz CT molecular complexity index is 809. The van der Waals surface area contributed by atoms with Crippen LogP contribution >= 0.6 is 0 Å². The van der Waals surface area contributed by atoms with E-state index in [1.165, 1.54) is 39.0 Å². The molecule has 0 amide bonds. The minimum absolute atomic E-state index is 0. The minimum Gasteiger partial charge on any atom is -1.00 e. The normalized spacial score (nSPS) is 18.4. The Labute approximate surface area is 194 Å². The van der Waals surface area contributed by atoms with Crippen molar-refractivity contribution in [2.45, 2.75) is 44.3 Å². The Morgan fingerprint density at radius 3 is 1.52 bits per heavy atom. The van der Waals surface area contributed by atoms with E-state index < -0.39 is 0 Å². The van der Waals surface area contributed by atoms with Crippen molar-refractivity contribution in [3.63, 3.8) is 0 Å².